The van der Waals surface area contributed by atoms with Crippen LogP contribution < -0.4 is 15.8 Å². The topological polar surface area (TPSA) is 111 Å². The number of nitrogens with zero attached hydrogens (tertiary/aromatic N) is 1. The van der Waals surface area contributed by atoms with Gasteiger partial charge in [0.1, 0.15) is 11.8 Å². The Morgan fingerprint density at radius 1 is 1.19 bits per heavy atom. The van der Waals surface area contributed by atoms with Crippen LogP contribution in [0, 0.1) is 0 Å². The molecule has 0 aliphatic rings. The van der Waals surface area contributed by atoms with Crippen LogP contribution in [0.1, 0.15) is 23.3 Å². The Balaban J connectivity index is 1.92. The molecule has 1 unspecified atom stereocenters. The number of anilines is 1. The summed E-state index contributed by atoms with van der Waals surface area (Å²) < 4.78 is 11.3. The van der Waals surface area contributed by atoms with E-state index < -0.39 is 23.7 Å². The lowest BCUT2D eigenvalue weighted by Gasteiger charge is -2.13. The highest BCUT2D eigenvalue weighted by Crippen LogP contribution is 2.21. The molecule has 8 nitrogen and oxygen atoms in total. The van der Waals surface area contributed by atoms with Crippen molar-refractivity contribution in [2.45, 2.75) is 13.0 Å². The van der Waals surface area contributed by atoms with Gasteiger partial charge in [0.15, 0.2) is 5.58 Å². The number of amides is 1. The van der Waals surface area contributed by atoms with Crippen LogP contribution in [0.4, 0.5) is 5.69 Å². The van der Waals surface area contributed by atoms with E-state index in [4.69, 9.17) is 14.3 Å². The van der Waals surface area contributed by atoms with Crippen LogP contribution in [0.25, 0.3) is 11.1 Å². The predicted molar refractivity (Wildman–Crippen MR) is 93.8 cm³/mol. The van der Waals surface area contributed by atoms with Crippen molar-refractivity contribution in [3.63, 3.8) is 0 Å². The highest BCUT2D eigenvalue weighted by molar-refractivity contribution is 5.95. The fourth-order valence-electron chi connectivity index (χ4n) is 2.57. The van der Waals surface area contributed by atoms with Gasteiger partial charge in [0.05, 0.1) is 18.2 Å². The maximum absolute atomic E-state index is 12.5. The van der Waals surface area contributed by atoms with E-state index in [1.807, 2.05) is 0 Å². The third-order valence-corrected chi connectivity index (χ3v) is 3.98. The average molecular weight is 356 g/mol. The third-order valence-electron chi connectivity index (χ3n) is 3.98. The summed E-state index contributed by atoms with van der Waals surface area (Å²) in [7, 11) is 1.54. The van der Waals surface area contributed by atoms with Crippen LogP contribution in [-0.4, -0.2) is 28.7 Å². The Hall–Kier alpha value is -3.55. The zero-order chi connectivity index (χ0) is 18.8. The van der Waals surface area contributed by atoms with E-state index in [1.54, 1.807) is 24.3 Å². The molecular weight excluding hydrogens is 340 g/mol. The lowest BCUT2D eigenvalue weighted by molar-refractivity contribution is -0.118. The molecule has 3 aromatic rings. The molecule has 0 saturated heterocycles. The monoisotopic (exact) mass is 356 g/mol. The van der Waals surface area contributed by atoms with Gasteiger partial charge in [-0.05, 0) is 49.4 Å². The molecule has 1 heterocycles. The average Bonchev–Trinajstić information content (AvgIpc) is 2.96. The van der Waals surface area contributed by atoms with Gasteiger partial charge < -0.3 is 19.6 Å². The molecule has 0 saturated carbocycles. The third kappa shape index (κ3) is 3.16. The van der Waals surface area contributed by atoms with Crippen LogP contribution in [0.3, 0.4) is 0 Å². The zero-order valence-corrected chi connectivity index (χ0v) is 14.1. The number of fused-ring (bicyclic) bond motifs is 1. The van der Waals surface area contributed by atoms with Gasteiger partial charge >= 0.3 is 11.7 Å². The summed E-state index contributed by atoms with van der Waals surface area (Å²) in [5, 5.41) is 11.8. The number of benzene rings is 2. The van der Waals surface area contributed by atoms with Gasteiger partial charge in [-0.2, -0.15) is 0 Å². The smallest absolute Gasteiger partial charge is 0.420 e. The summed E-state index contributed by atoms with van der Waals surface area (Å²) in [6.45, 7) is 1.53. The normalized spacial score (nSPS) is 11.9. The summed E-state index contributed by atoms with van der Waals surface area (Å²) >= 11 is 0. The molecule has 2 N–H and O–H groups in total. The molecule has 2 aromatic carbocycles. The number of rotatable bonds is 5. The number of carboxylic acid groups (broad SMARTS) is 1. The summed E-state index contributed by atoms with van der Waals surface area (Å²) in [5.41, 5.74) is 0.987. The molecule has 0 radical (unpaired) electrons. The fourth-order valence-corrected chi connectivity index (χ4v) is 2.57. The molecular formula is C18H16N2O6. The lowest BCUT2D eigenvalue weighted by atomic mass is 10.2. The number of carbonyl (C=O) groups excluding carboxylic acids is 1. The van der Waals surface area contributed by atoms with Crippen molar-refractivity contribution in [2.24, 2.45) is 0 Å². The molecule has 0 bridgehead atoms. The quantitative estimate of drug-likeness (QED) is 0.727. The number of carbonyl (C=O) groups is 2. The van der Waals surface area contributed by atoms with Gasteiger partial charge in [-0.3, -0.25) is 9.36 Å². The second-order valence-electron chi connectivity index (χ2n) is 5.62. The Kier molecular flexibility index (Phi) is 4.49. The number of methoxy groups -OCH3 is 1. The van der Waals surface area contributed by atoms with E-state index in [2.05, 4.69) is 5.32 Å². The largest absolute Gasteiger partial charge is 0.497 e. The zero-order valence-electron chi connectivity index (χ0n) is 14.1. The number of hydrogen-bond donors (Lipinski definition) is 2. The molecule has 0 aliphatic heterocycles. The van der Waals surface area contributed by atoms with Crippen molar-refractivity contribution in [1.82, 2.24) is 4.57 Å². The van der Waals surface area contributed by atoms with Crippen molar-refractivity contribution in [2.75, 3.05) is 12.4 Å². The number of oxazole rings is 1. The minimum atomic E-state index is -1.14. The molecule has 3 rings (SSSR count). The first kappa shape index (κ1) is 17.3. The van der Waals surface area contributed by atoms with Gasteiger partial charge in [-0.25, -0.2) is 9.59 Å². The van der Waals surface area contributed by atoms with Gasteiger partial charge in [0.25, 0.3) is 0 Å². The van der Waals surface area contributed by atoms with Crippen LogP contribution in [0.5, 0.6) is 5.75 Å². The molecule has 26 heavy (non-hydrogen) atoms. The number of carboxylic acids is 1. The maximum Gasteiger partial charge on any atom is 0.420 e. The van der Waals surface area contributed by atoms with E-state index in [9.17, 15) is 14.4 Å². The molecule has 0 aliphatic carbocycles. The van der Waals surface area contributed by atoms with Gasteiger partial charge in [-0.1, -0.05) is 0 Å². The van der Waals surface area contributed by atoms with Crippen LogP contribution >= 0.6 is 0 Å². The Morgan fingerprint density at radius 3 is 2.50 bits per heavy atom. The van der Waals surface area contributed by atoms with Crippen LogP contribution in [0.2, 0.25) is 0 Å². The van der Waals surface area contributed by atoms with Gasteiger partial charge in [-0.15, -0.1) is 0 Å². The van der Waals surface area contributed by atoms with E-state index in [0.29, 0.717) is 11.4 Å². The van der Waals surface area contributed by atoms with Crippen molar-refractivity contribution in [3.05, 3.63) is 58.6 Å². The first-order chi connectivity index (χ1) is 12.4. The number of nitrogens with one attached hydrogen (secondary N) is 1. The predicted octanol–water partition coefficient (Wildman–Crippen LogP) is 2.50. The van der Waals surface area contributed by atoms with Crippen LogP contribution in [-0.2, 0) is 4.79 Å². The Labute approximate surface area is 147 Å². The molecule has 0 fully saturated rings. The van der Waals surface area contributed by atoms with Gasteiger partial charge in [0.2, 0.25) is 5.91 Å². The van der Waals surface area contributed by atoms with Gasteiger partial charge in [0, 0.05) is 5.69 Å². The first-order valence-electron chi connectivity index (χ1n) is 7.74. The standard InChI is InChI=1S/C18H16N2O6/c1-10(16(21)19-12-4-6-13(25-2)7-5-12)20-14-9-11(17(22)23)3-8-15(14)26-18(20)24/h3-10H,1-2H3,(H,19,21)(H,22,23). The number of aromatic nitrogens is 1. The Bertz CT molecular complexity index is 1030. The summed E-state index contributed by atoms with van der Waals surface area (Å²) in [5.74, 6) is -1.67. The molecule has 1 atom stereocenters. The van der Waals surface area contributed by atoms with Crippen molar-refractivity contribution in [3.8, 4) is 5.75 Å². The highest BCUT2D eigenvalue weighted by Gasteiger charge is 2.22. The highest BCUT2D eigenvalue weighted by atomic mass is 16.5. The van der Waals surface area contributed by atoms with E-state index >= 15 is 0 Å². The summed E-state index contributed by atoms with van der Waals surface area (Å²) in [4.78, 5) is 35.8. The molecule has 134 valence electrons. The SMILES string of the molecule is COc1ccc(NC(=O)C(C)n2c(=O)oc3ccc(C(=O)O)cc32)cc1. The van der Waals surface area contributed by atoms with E-state index in [0.717, 1.165) is 4.57 Å². The number of aromatic carboxylic acids is 1. The first-order valence-corrected chi connectivity index (χ1v) is 7.74. The number of hydrogen-bond acceptors (Lipinski definition) is 5. The van der Waals surface area contributed by atoms with Crippen molar-refractivity contribution < 1.29 is 23.8 Å². The summed E-state index contributed by atoms with van der Waals surface area (Å²) in [6, 6.07) is 9.85. The van der Waals surface area contributed by atoms with Crippen molar-refractivity contribution in [1.29, 1.82) is 0 Å². The molecule has 8 heteroatoms. The van der Waals surface area contributed by atoms with Crippen LogP contribution in [0.15, 0.2) is 51.7 Å². The second-order valence-corrected chi connectivity index (χ2v) is 5.62. The van der Waals surface area contributed by atoms with E-state index in [-0.39, 0.29) is 16.7 Å². The molecule has 1 aromatic heterocycles. The summed E-state index contributed by atoms with van der Waals surface area (Å²) in [6.07, 6.45) is 0. The maximum atomic E-state index is 12.5. The minimum Gasteiger partial charge on any atom is -0.497 e. The fraction of sp³-hybridized carbons (Fsp3) is 0.167. The Morgan fingerprint density at radius 2 is 1.88 bits per heavy atom. The second kappa shape index (κ2) is 6.75. The lowest BCUT2D eigenvalue weighted by Crippen LogP contribution is -2.29. The van der Waals surface area contributed by atoms with Crippen molar-refractivity contribution >= 4 is 28.7 Å². The number of ether oxygens (including phenoxy) is 1. The molecule has 0 spiro atoms. The molecule has 1 amide bonds. The van der Waals surface area contributed by atoms with E-state index in [1.165, 1.54) is 32.2 Å². The minimum absolute atomic E-state index is 0.00480.